The fourth-order valence-corrected chi connectivity index (χ4v) is 2.33. The number of ether oxygens (including phenoxy) is 1. The Bertz CT molecular complexity index is 481. The highest BCUT2D eigenvalue weighted by molar-refractivity contribution is 5.93. The van der Waals surface area contributed by atoms with Gasteiger partial charge in [0.2, 0.25) is 11.8 Å². The van der Waals surface area contributed by atoms with E-state index in [-0.39, 0.29) is 18.4 Å². The number of rotatable bonds is 6. The first-order chi connectivity index (χ1) is 10.2. The standard InChI is InChI=1S/C15H21N3O3/c1-21-10-15(20)18-13-4-2-12(3-5-13)17-14(19)8-11-6-7-16-9-11/h2-5,11,16H,6-10H2,1H3,(H,17,19)(H,18,20)/t11-/m1/s1. The summed E-state index contributed by atoms with van der Waals surface area (Å²) in [6.07, 6.45) is 1.59. The van der Waals surface area contributed by atoms with E-state index in [1.165, 1.54) is 7.11 Å². The lowest BCUT2D eigenvalue weighted by atomic mass is 10.0. The number of hydrogen-bond donors (Lipinski definition) is 3. The predicted molar refractivity (Wildman–Crippen MR) is 81.2 cm³/mol. The van der Waals surface area contributed by atoms with Gasteiger partial charge in [-0.05, 0) is 49.7 Å². The lowest BCUT2D eigenvalue weighted by molar-refractivity contribution is -0.119. The Morgan fingerprint density at radius 2 is 1.81 bits per heavy atom. The molecule has 3 N–H and O–H groups in total. The molecule has 0 bridgehead atoms. The van der Waals surface area contributed by atoms with Crippen LogP contribution in [0.15, 0.2) is 24.3 Å². The molecule has 6 nitrogen and oxygen atoms in total. The first-order valence-corrected chi connectivity index (χ1v) is 7.07. The third-order valence-electron chi connectivity index (χ3n) is 3.36. The van der Waals surface area contributed by atoms with Crippen LogP contribution in [0.3, 0.4) is 0 Å². The summed E-state index contributed by atoms with van der Waals surface area (Å²) in [4.78, 5) is 23.2. The predicted octanol–water partition coefficient (Wildman–Crippen LogP) is 1.21. The summed E-state index contributed by atoms with van der Waals surface area (Å²) in [6.45, 7) is 1.93. The SMILES string of the molecule is COCC(=O)Nc1ccc(NC(=O)C[C@H]2CCNC2)cc1. The van der Waals surface area contributed by atoms with Gasteiger partial charge in [-0.25, -0.2) is 0 Å². The molecule has 21 heavy (non-hydrogen) atoms. The maximum atomic E-state index is 11.9. The highest BCUT2D eigenvalue weighted by atomic mass is 16.5. The molecule has 1 aromatic rings. The Labute approximate surface area is 124 Å². The molecule has 1 saturated heterocycles. The van der Waals surface area contributed by atoms with Crippen LogP contribution in [0.4, 0.5) is 11.4 Å². The van der Waals surface area contributed by atoms with Crippen molar-refractivity contribution < 1.29 is 14.3 Å². The minimum Gasteiger partial charge on any atom is -0.375 e. The van der Waals surface area contributed by atoms with Gasteiger partial charge in [0, 0.05) is 24.9 Å². The van der Waals surface area contributed by atoms with E-state index in [0.29, 0.717) is 18.0 Å². The van der Waals surface area contributed by atoms with Gasteiger partial charge in [-0.1, -0.05) is 0 Å². The fraction of sp³-hybridized carbons (Fsp3) is 0.467. The Kier molecular flexibility index (Phi) is 5.71. The Hall–Kier alpha value is -1.92. The van der Waals surface area contributed by atoms with E-state index in [9.17, 15) is 9.59 Å². The number of anilines is 2. The van der Waals surface area contributed by atoms with Gasteiger partial charge < -0.3 is 20.7 Å². The summed E-state index contributed by atoms with van der Waals surface area (Å²) in [5, 5.41) is 8.81. The molecule has 1 aromatic carbocycles. The average molecular weight is 291 g/mol. The lowest BCUT2D eigenvalue weighted by Gasteiger charge is -2.10. The zero-order chi connectivity index (χ0) is 15.1. The van der Waals surface area contributed by atoms with Crippen molar-refractivity contribution in [3.05, 3.63) is 24.3 Å². The van der Waals surface area contributed by atoms with Crippen molar-refractivity contribution in [1.82, 2.24) is 5.32 Å². The minimum absolute atomic E-state index is 0.0217. The lowest BCUT2D eigenvalue weighted by Crippen LogP contribution is -2.18. The summed E-state index contributed by atoms with van der Waals surface area (Å²) in [5.41, 5.74) is 1.41. The number of hydrogen-bond acceptors (Lipinski definition) is 4. The summed E-state index contributed by atoms with van der Waals surface area (Å²) in [5.74, 6) is 0.250. The van der Waals surface area contributed by atoms with Gasteiger partial charge in [0.25, 0.3) is 0 Å². The molecule has 1 aliphatic rings. The quantitative estimate of drug-likeness (QED) is 0.736. The molecule has 6 heteroatoms. The molecule has 1 heterocycles. The second-order valence-corrected chi connectivity index (χ2v) is 5.17. The zero-order valence-electron chi connectivity index (χ0n) is 12.1. The minimum atomic E-state index is -0.206. The van der Waals surface area contributed by atoms with Crippen LogP contribution in [0.25, 0.3) is 0 Å². The summed E-state index contributed by atoms with van der Waals surface area (Å²) >= 11 is 0. The number of carbonyl (C=O) groups excluding carboxylic acids is 2. The Balaban J connectivity index is 1.81. The molecule has 2 rings (SSSR count). The van der Waals surface area contributed by atoms with Crippen LogP contribution in [0.1, 0.15) is 12.8 Å². The number of amides is 2. The first-order valence-electron chi connectivity index (χ1n) is 7.07. The van der Waals surface area contributed by atoms with Crippen molar-refractivity contribution in [2.75, 3.05) is 37.4 Å². The number of benzene rings is 1. The summed E-state index contributed by atoms with van der Waals surface area (Å²) < 4.78 is 4.74. The van der Waals surface area contributed by atoms with Gasteiger partial charge in [0.1, 0.15) is 6.61 Å². The van der Waals surface area contributed by atoms with Crippen LogP contribution in [-0.4, -0.2) is 38.6 Å². The van der Waals surface area contributed by atoms with Crippen molar-refractivity contribution in [3.8, 4) is 0 Å². The molecule has 0 aromatic heterocycles. The van der Waals surface area contributed by atoms with Crippen LogP contribution in [0.2, 0.25) is 0 Å². The van der Waals surface area contributed by atoms with Gasteiger partial charge in [-0.15, -0.1) is 0 Å². The zero-order valence-corrected chi connectivity index (χ0v) is 12.1. The van der Waals surface area contributed by atoms with Gasteiger partial charge in [-0.2, -0.15) is 0 Å². The van der Waals surface area contributed by atoms with E-state index in [0.717, 1.165) is 25.2 Å². The molecule has 0 saturated carbocycles. The molecule has 0 radical (unpaired) electrons. The molecular weight excluding hydrogens is 270 g/mol. The Morgan fingerprint density at radius 3 is 2.33 bits per heavy atom. The molecule has 0 unspecified atom stereocenters. The van der Waals surface area contributed by atoms with Crippen LogP contribution in [0.5, 0.6) is 0 Å². The van der Waals surface area contributed by atoms with E-state index in [2.05, 4.69) is 16.0 Å². The molecule has 0 spiro atoms. The van der Waals surface area contributed by atoms with Crippen LogP contribution in [-0.2, 0) is 14.3 Å². The highest BCUT2D eigenvalue weighted by Gasteiger charge is 2.17. The molecule has 2 amide bonds. The van der Waals surface area contributed by atoms with Crippen LogP contribution in [0, 0.1) is 5.92 Å². The molecule has 1 atom stereocenters. The van der Waals surface area contributed by atoms with E-state index >= 15 is 0 Å². The first kappa shape index (κ1) is 15.5. The van der Waals surface area contributed by atoms with Crippen LogP contribution >= 0.6 is 0 Å². The van der Waals surface area contributed by atoms with E-state index in [1.807, 2.05) is 0 Å². The van der Waals surface area contributed by atoms with Crippen molar-refractivity contribution in [2.24, 2.45) is 5.92 Å². The highest BCUT2D eigenvalue weighted by Crippen LogP contribution is 2.16. The molecule has 1 fully saturated rings. The third-order valence-corrected chi connectivity index (χ3v) is 3.36. The van der Waals surface area contributed by atoms with Gasteiger partial charge in [0.15, 0.2) is 0 Å². The summed E-state index contributed by atoms with van der Waals surface area (Å²) in [6, 6.07) is 7.04. The maximum Gasteiger partial charge on any atom is 0.250 e. The fourth-order valence-electron chi connectivity index (χ4n) is 2.33. The normalized spacial score (nSPS) is 17.5. The molecule has 0 aliphatic carbocycles. The summed E-state index contributed by atoms with van der Waals surface area (Å²) in [7, 11) is 1.47. The van der Waals surface area contributed by atoms with Gasteiger partial charge >= 0.3 is 0 Å². The van der Waals surface area contributed by atoms with E-state index < -0.39 is 0 Å². The monoisotopic (exact) mass is 291 g/mol. The second-order valence-electron chi connectivity index (χ2n) is 5.17. The molecule has 1 aliphatic heterocycles. The Morgan fingerprint density at radius 1 is 1.19 bits per heavy atom. The van der Waals surface area contributed by atoms with Crippen molar-refractivity contribution in [2.45, 2.75) is 12.8 Å². The largest absolute Gasteiger partial charge is 0.375 e. The number of nitrogens with one attached hydrogen (secondary N) is 3. The van der Waals surface area contributed by atoms with E-state index in [1.54, 1.807) is 24.3 Å². The second kappa shape index (κ2) is 7.75. The van der Waals surface area contributed by atoms with Crippen LogP contribution < -0.4 is 16.0 Å². The topological polar surface area (TPSA) is 79.5 Å². The number of carbonyl (C=O) groups is 2. The van der Waals surface area contributed by atoms with Gasteiger partial charge in [0.05, 0.1) is 0 Å². The molecule has 114 valence electrons. The maximum absolute atomic E-state index is 11.9. The average Bonchev–Trinajstić information content (AvgIpc) is 2.94. The van der Waals surface area contributed by atoms with E-state index in [4.69, 9.17) is 4.74 Å². The van der Waals surface area contributed by atoms with Gasteiger partial charge in [-0.3, -0.25) is 9.59 Å². The smallest absolute Gasteiger partial charge is 0.250 e. The number of methoxy groups -OCH3 is 1. The van der Waals surface area contributed by atoms with Crippen molar-refractivity contribution >= 4 is 23.2 Å². The van der Waals surface area contributed by atoms with Crippen molar-refractivity contribution in [3.63, 3.8) is 0 Å². The molecular formula is C15H21N3O3. The van der Waals surface area contributed by atoms with Crippen molar-refractivity contribution in [1.29, 1.82) is 0 Å². The third kappa shape index (κ3) is 5.17.